The first kappa shape index (κ1) is 16.3. The molecule has 0 aromatic heterocycles. The smallest absolute Gasteiger partial charge is 0.0604 e. The summed E-state index contributed by atoms with van der Waals surface area (Å²) in [7, 11) is 0. The minimum atomic E-state index is -0.0133. The van der Waals surface area contributed by atoms with E-state index in [4.69, 9.17) is 0 Å². The van der Waals surface area contributed by atoms with Crippen LogP contribution in [0, 0.1) is 23.7 Å². The van der Waals surface area contributed by atoms with Gasteiger partial charge in [-0.25, -0.2) is 0 Å². The van der Waals surface area contributed by atoms with Gasteiger partial charge in [-0.05, 0) is 88.1 Å². The second kappa shape index (κ2) is 7.38. The molecule has 0 bridgehead atoms. The zero-order chi connectivity index (χ0) is 15.6. The third-order valence-electron chi connectivity index (χ3n) is 7.11. The summed E-state index contributed by atoms with van der Waals surface area (Å²) in [4.78, 5) is 2.76. The predicted octanol–water partition coefficient (Wildman–Crippen LogP) is 1.79. The van der Waals surface area contributed by atoms with Crippen LogP contribution >= 0.6 is 0 Å². The average Bonchev–Trinajstić information content (AvgIpc) is 3.01. The van der Waals surface area contributed by atoms with Crippen LogP contribution in [0.5, 0.6) is 0 Å². The number of hydrogen-bond acceptors (Lipinski definition) is 4. The maximum Gasteiger partial charge on any atom is 0.0604 e. The number of aliphatic hydroxyl groups is 1. The molecule has 4 heteroatoms. The van der Waals surface area contributed by atoms with Crippen molar-refractivity contribution in [3.63, 3.8) is 0 Å². The minimum absolute atomic E-state index is 0.0133. The Bertz CT molecular complexity index is 383. The Morgan fingerprint density at radius 2 is 1.78 bits per heavy atom. The van der Waals surface area contributed by atoms with Gasteiger partial charge in [0.05, 0.1) is 12.3 Å². The van der Waals surface area contributed by atoms with Crippen molar-refractivity contribution in [2.24, 2.45) is 23.7 Å². The van der Waals surface area contributed by atoms with Crippen molar-refractivity contribution in [2.45, 2.75) is 63.6 Å². The van der Waals surface area contributed by atoms with Gasteiger partial charge in [0.1, 0.15) is 0 Å². The molecule has 3 aliphatic heterocycles. The Morgan fingerprint density at radius 3 is 2.65 bits per heavy atom. The van der Waals surface area contributed by atoms with E-state index in [9.17, 15) is 5.11 Å². The lowest BCUT2D eigenvalue weighted by Gasteiger charge is -2.41. The van der Waals surface area contributed by atoms with Gasteiger partial charge in [-0.15, -0.1) is 0 Å². The van der Waals surface area contributed by atoms with Gasteiger partial charge in [0.25, 0.3) is 0 Å². The first-order chi connectivity index (χ1) is 11.3. The third-order valence-corrected chi connectivity index (χ3v) is 7.11. The normalized spacial score (nSPS) is 45.8. The fourth-order valence-corrected chi connectivity index (χ4v) is 5.83. The van der Waals surface area contributed by atoms with Gasteiger partial charge in [0.2, 0.25) is 0 Å². The first-order valence-corrected chi connectivity index (χ1v) is 10.2. The molecule has 3 N–H and O–H groups in total. The summed E-state index contributed by atoms with van der Waals surface area (Å²) in [5, 5.41) is 17.1. The van der Waals surface area contributed by atoms with Crippen LogP contribution in [-0.4, -0.2) is 55.0 Å². The number of hydrogen-bond donors (Lipinski definition) is 3. The summed E-state index contributed by atoms with van der Waals surface area (Å²) in [5.41, 5.74) is 0. The van der Waals surface area contributed by atoms with E-state index in [0.29, 0.717) is 6.17 Å². The lowest BCUT2D eigenvalue weighted by molar-refractivity contribution is 0.0671. The molecule has 1 saturated carbocycles. The van der Waals surface area contributed by atoms with E-state index in [1.54, 1.807) is 0 Å². The largest absolute Gasteiger partial charge is 0.393 e. The van der Waals surface area contributed by atoms with Crippen LogP contribution in [0.2, 0.25) is 0 Å². The topological polar surface area (TPSA) is 47.5 Å². The van der Waals surface area contributed by atoms with Gasteiger partial charge in [-0.3, -0.25) is 0 Å². The Kier molecular flexibility index (Phi) is 5.24. The molecule has 4 unspecified atom stereocenters. The summed E-state index contributed by atoms with van der Waals surface area (Å²) in [5.74, 6) is 3.51. The van der Waals surface area contributed by atoms with Crippen LogP contribution in [0.3, 0.4) is 0 Å². The molecule has 4 aliphatic rings. The van der Waals surface area contributed by atoms with Crippen LogP contribution in [0.1, 0.15) is 51.4 Å². The van der Waals surface area contributed by atoms with Crippen molar-refractivity contribution in [1.29, 1.82) is 0 Å². The van der Waals surface area contributed by atoms with Crippen LogP contribution in [0.4, 0.5) is 0 Å². The van der Waals surface area contributed by atoms with Gasteiger partial charge in [-0.1, -0.05) is 0 Å². The summed E-state index contributed by atoms with van der Waals surface area (Å²) in [6, 6.07) is 0. The molecule has 3 heterocycles. The SMILES string of the molecule is OC1CCC(CN2CCCC(C3CNC4NCCCC43)C2)CC1. The molecule has 4 rings (SSSR count). The van der Waals surface area contributed by atoms with Gasteiger partial charge in [0.15, 0.2) is 0 Å². The second-order valence-electron chi connectivity index (χ2n) is 8.65. The second-order valence-corrected chi connectivity index (χ2v) is 8.65. The molecule has 1 aliphatic carbocycles. The molecule has 0 spiro atoms. The molecule has 132 valence electrons. The maximum atomic E-state index is 9.70. The Labute approximate surface area is 141 Å². The van der Waals surface area contributed by atoms with E-state index >= 15 is 0 Å². The molecule has 4 atom stereocenters. The molecule has 4 fully saturated rings. The van der Waals surface area contributed by atoms with E-state index in [1.165, 1.54) is 71.2 Å². The van der Waals surface area contributed by atoms with Crippen molar-refractivity contribution in [1.82, 2.24) is 15.5 Å². The Balaban J connectivity index is 1.30. The van der Waals surface area contributed by atoms with Gasteiger partial charge >= 0.3 is 0 Å². The highest BCUT2D eigenvalue weighted by Gasteiger charge is 2.42. The van der Waals surface area contributed by atoms with Crippen LogP contribution in [0.15, 0.2) is 0 Å². The molecular weight excluding hydrogens is 286 g/mol. The quantitative estimate of drug-likeness (QED) is 0.742. The molecule has 0 aromatic carbocycles. The number of aliphatic hydroxyl groups excluding tert-OH is 1. The van der Waals surface area contributed by atoms with E-state index in [2.05, 4.69) is 15.5 Å². The molecule has 0 radical (unpaired) electrons. The number of rotatable bonds is 3. The van der Waals surface area contributed by atoms with Crippen LogP contribution in [0.25, 0.3) is 0 Å². The number of nitrogens with zero attached hydrogens (tertiary/aromatic N) is 1. The minimum Gasteiger partial charge on any atom is -0.393 e. The van der Waals surface area contributed by atoms with Crippen molar-refractivity contribution in [2.75, 3.05) is 32.7 Å². The number of nitrogens with one attached hydrogen (secondary N) is 2. The summed E-state index contributed by atoms with van der Waals surface area (Å²) in [6.07, 6.45) is 10.7. The molecular formula is C19H35N3O. The average molecular weight is 322 g/mol. The molecule has 0 aromatic rings. The lowest BCUT2D eigenvalue weighted by Crippen LogP contribution is -2.47. The van der Waals surface area contributed by atoms with Gasteiger partial charge in [0, 0.05) is 19.6 Å². The van der Waals surface area contributed by atoms with E-state index in [0.717, 1.165) is 36.5 Å². The van der Waals surface area contributed by atoms with Crippen molar-refractivity contribution >= 4 is 0 Å². The van der Waals surface area contributed by atoms with E-state index in [-0.39, 0.29) is 6.10 Å². The monoisotopic (exact) mass is 321 g/mol. The highest BCUT2D eigenvalue weighted by molar-refractivity contribution is 4.96. The molecule has 3 saturated heterocycles. The van der Waals surface area contributed by atoms with Crippen molar-refractivity contribution < 1.29 is 5.11 Å². The lowest BCUT2D eigenvalue weighted by atomic mass is 9.75. The highest BCUT2D eigenvalue weighted by Crippen LogP contribution is 2.38. The van der Waals surface area contributed by atoms with Gasteiger partial charge in [-0.2, -0.15) is 0 Å². The summed E-state index contributed by atoms with van der Waals surface area (Å²) >= 11 is 0. The van der Waals surface area contributed by atoms with Crippen LogP contribution < -0.4 is 10.6 Å². The summed E-state index contributed by atoms with van der Waals surface area (Å²) in [6.45, 7) is 6.36. The molecule has 4 nitrogen and oxygen atoms in total. The zero-order valence-corrected chi connectivity index (χ0v) is 14.6. The Hall–Kier alpha value is -0.160. The number of piperidine rings is 2. The standard InChI is InChI=1S/C19H35N3O/c23-16-7-5-14(6-8-16)12-22-10-2-3-15(13-22)18-11-21-19-17(18)4-1-9-20-19/h14-21,23H,1-13H2. The number of likely N-dealkylation sites (tertiary alicyclic amines) is 1. The van der Waals surface area contributed by atoms with Crippen molar-refractivity contribution in [3.05, 3.63) is 0 Å². The van der Waals surface area contributed by atoms with Crippen LogP contribution in [-0.2, 0) is 0 Å². The summed E-state index contributed by atoms with van der Waals surface area (Å²) < 4.78 is 0. The number of fused-ring (bicyclic) bond motifs is 1. The fourth-order valence-electron chi connectivity index (χ4n) is 5.83. The van der Waals surface area contributed by atoms with E-state index < -0.39 is 0 Å². The zero-order valence-electron chi connectivity index (χ0n) is 14.6. The molecule has 23 heavy (non-hydrogen) atoms. The van der Waals surface area contributed by atoms with E-state index in [1.807, 2.05) is 0 Å². The predicted molar refractivity (Wildman–Crippen MR) is 93.1 cm³/mol. The molecule has 0 amide bonds. The maximum absolute atomic E-state index is 9.70. The van der Waals surface area contributed by atoms with Gasteiger partial charge < -0.3 is 20.6 Å². The highest BCUT2D eigenvalue weighted by atomic mass is 16.3. The van der Waals surface area contributed by atoms with Crippen molar-refractivity contribution in [3.8, 4) is 0 Å². The Morgan fingerprint density at radius 1 is 0.913 bits per heavy atom. The fraction of sp³-hybridized carbons (Fsp3) is 1.00. The third kappa shape index (κ3) is 3.76. The first-order valence-electron chi connectivity index (χ1n) is 10.2.